The van der Waals surface area contributed by atoms with Crippen LogP contribution in [0.15, 0.2) is 69.4 Å². The number of nitrogens with zero attached hydrogens (tertiary/aromatic N) is 1. The lowest BCUT2D eigenvalue weighted by molar-refractivity contribution is -0.118. The van der Waals surface area contributed by atoms with Gasteiger partial charge in [0.2, 0.25) is 0 Å². The summed E-state index contributed by atoms with van der Waals surface area (Å²) in [6, 6.07) is 15.0. The third kappa shape index (κ3) is 4.02. The monoisotopic (exact) mass is 487 g/mol. The van der Waals surface area contributed by atoms with E-state index in [1.807, 2.05) is 50.2 Å². The van der Waals surface area contributed by atoms with Crippen molar-refractivity contribution in [3.8, 4) is 11.5 Å². The quantitative estimate of drug-likeness (QED) is 0.568. The SMILES string of the molecule is COc1ccc([C@H]2C3=C(CC(C)(C)CC3=O)Nc3c2c(=O)[nH]c(=O)n3Cc2ccccc2)cc1OC. The van der Waals surface area contributed by atoms with Gasteiger partial charge in [0.15, 0.2) is 17.3 Å². The van der Waals surface area contributed by atoms with E-state index in [1.54, 1.807) is 26.4 Å². The highest BCUT2D eigenvalue weighted by Crippen LogP contribution is 2.48. The van der Waals surface area contributed by atoms with E-state index < -0.39 is 17.2 Å². The molecular weight excluding hydrogens is 458 g/mol. The maximum Gasteiger partial charge on any atom is 0.330 e. The molecule has 2 heterocycles. The van der Waals surface area contributed by atoms with Crippen LogP contribution in [-0.2, 0) is 11.3 Å². The van der Waals surface area contributed by atoms with Crippen LogP contribution in [0.25, 0.3) is 0 Å². The van der Waals surface area contributed by atoms with E-state index in [-0.39, 0.29) is 17.7 Å². The molecule has 1 aliphatic heterocycles. The van der Waals surface area contributed by atoms with Gasteiger partial charge in [0, 0.05) is 23.6 Å². The van der Waals surface area contributed by atoms with Crippen LogP contribution in [0, 0.1) is 5.41 Å². The fourth-order valence-electron chi connectivity index (χ4n) is 5.34. The van der Waals surface area contributed by atoms with Crippen LogP contribution in [0.2, 0.25) is 0 Å². The first-order chi connectivity index (χ1) is 17.2. The fraction of sp³-hybridized carbons (Fsp3) is 0.321. The van der Waals surface area contributed by atoms with Crippen LogP contribution in [0.1, 0.15) is 49.3 Å². The zero-order valence-electron chi connectivity index (χ0n) is 20.8. The molecule has 0 saturated heterocycles. The van der Waals surface area contributed by atoms with E-state index in [2.05, 4.69) is 10.3 Å². The van der Waals surface area contributed by atoms with Gasteiger partial charge in [-0.15, -0.1) is 0 Å². The van der Waals surface area contributed by atoms with Gasteiger partial charge in [0.05, 0.1) is 26.3 Å². The molecule has 0 saturated carbocycles. The van der Waals surface area contributed by atoms with E-state index in [1.165, 1.54) is 4.57 Å². The van der Waals surface area contributed by atoms with Gasteiger partial charge in [-0.25, -0.2) is 4.79 Å². The number of anilines is 1. The highest BCUT2D eigenvalue weighted by atomic mass is 16.5. The molecule has 0 radical (unpaired) electrons. The summed E-state index contributed by atoms with van der Waals surface area (Å²) < 4.78 is 12.5. The number of H-pyrrole nitrogens is 1. The molecule has 8 nitrogen and oxygen atoms in total. The number of methoxy groups -OCH3 is 2. The Hall–Kier alpha value is -4.07. The molecule has 1 atom stereocenters. The van der Waals surface area contributed by atoms with Crippen molar-refractivity contribution in [2.24, 2.45) is 5.41 Å². The number of ether oxygens (including phenoxy) is 2. The lowest BCUT2D eigenvalue weighted by Gasteiger charge is -2.39. The summed E-state index contributed by atoms with van der Waals surface area (Å²) >= 11 is 0. The van der Waals surface area contributed by atoms with Crippen LogP contribution >= 0.6 is 0 Å². The molecule has 0 amide bonds. The summed E-state index contributed by atoms with van der Waals surface area (Å²) in [5.74, 6) is 0.778. The van der Waals surface area contributed by atoms with Gasteiger partial charge in [-0.1, -0.05) is 50.2 Å². The third-order valence-corrected chi connectivity index (χ3v) is 6.93. The molecule has 1 aromatic heterocycles. The number of nitrogens with one attached hydrogen (secondary N) is 2. The predicted octanol–water partition coefficient (Wildman–Crippen LogP) is 3.80. The third-order valence-electron chi connectivity index (χ3n) is 6.93. The second-order valence-electron chi connectivity index (χ2n) is 10.1. The summed E-state index contributed by atoms with van der Waals surface area (Å²) in [5, 5.41) is 3.35. The normalized spacial score (nSPS) is 18.2. The molecule has 36 heavy (non-hydrogen) atoms. The Kier molecular flexibility index (Phi) is 5.82. The minimum absolute atomic E-state index is 0.0144. The van der Waals surface area contributed by atoms with Gasteiger partial charge in [-0.05, 0) is 35.1 Å². The number of benzene rings is 2. The Morgan fingerprint density at radius 2 is 1.69 bits per heavy atom. The van der Waals surface area contributed by atoms with Crippen LogP contribution in [0.5, 0.6) is 11.5 Å². The molecule has 2 N–H and O–H groups in total. The lowest BCUT2D eigenvalue weighted by Crippen LogP contribution is -2.42. The van der Waals surface area contributed by atoms with E-state index in [9.17, 15) is 14.4 Å². The lowest BCUT2D eigenvalue weighted by atomic mass is 9.69. The maximum absolute atomic E-state index is 13.5. The van der Waals surface area contributed by atoms with Gasteiger partial charge in [0.25, 0.3) is 5.56 Å². The second-order valence-corrected chi connectivity index (χ2v) is 10.1. The number of allylic oxidation sites excluding steroid dienone is 2. The summed E-state index contributed by atoms with van der Waals surface area (Å²) in [6.45, 7) is 4.36. The van der Waals surface area contributed by atoms with Gasteiger partial charge < -0.3 is 14.8 Å². The Morgan fingerprint density at radius 3 is 2.39 bits per heavy atom. The first-order valence-electron chi connectivity index (χ1n) is 11.9. The molecule has 0 unspecified atom stereocenters. The predicted molar refractivity (Wildman–Crippen MR) is 137 cm³/mol. The summed E-state index contributed by atoms with van der Waals surface area (Å²) in [6.07, 6.45) is 0.984. The van der Waals surface area contributed by atoms with Gasteiger partial charge in [0.1, 0.15) is 5.82 Å². The average molecular weight is 488 g/mol. The first-order valence-corrected chi connectivity index (χ1v) is 11.9. The molecule has 2 aromatic carbocycles. The van der Waals surface area contributed by atoms with Crippen molar-refractivity contribution in [1.82, 2.24) is 9.55 Å². The number of hydrogen-bond donors (Lipinski definition) is 2. The van der Waals surface area contributed by atoms with Gasteiger partial charge >= 0.3 is 5.69 Å². The number of aromatic amines is 1. The number of hydrogen-bond acceptors (Lipinski definition) is 6. The standard InChI is InChI=1S/C28H29N3O5/c1-28(2)13-18-23(19(32)14-28)22(17-10-11-20(35-3)21(12-17)36-4)24-25(29-18)31(27(34)30-26(24)33)15-16-8-6-5-7-9-16/h5-12,22,29H,13-15H2,1-4H3,(H,30,33,34)/t22-/m0/s1. The number of aromatic nitrogens is 2. The summed E-state index contributed by atoms with van der Waals surface area (Å²) in [4.78, 5) is 42.4. The Labute approximate surface area is 208 Å². The number of Topliss-reactive ketones (excluding diaryl/α,β-unsaturated/α-hetero) is 1. The van der Waals surface area contributed by atoms with E-state index in [0.29, 0.717) is 46.9 Å². The fourth-order valence-corrected chi connectivity index (χ4v) is 5.34. The van der Waals surface area contributed by atoms with Crippen LogP contribution in [0.3, 0.4) is 0 Å². The van der Waals surface area contributed by atoms with Crippen molar-refractivity contribution < 1.29 is 14.3 Å². The molecule has 1 aliphatic carbocycles. The Bertz CT molecular complexity index is 1500. The van der Waals surface area contributed by atoms with Crippen LogP contribution < -0.4 is 26.0 Å². The minimum atomic E-state index is -0.661. The number of carbonyl (C=O) groups excluding carboxylic acids is 1. The van der Waals surface area contributed by atoms with Crippen molar-refractivity contribution in [3.63, 3.8) is 0 Å². The topological polar surface area (TPSA) is 102 Å². The smallest absolute Gasteiger partial charge is 0.330 e. The van der Waals surface area contributed by atoms with Crippen LogP contribution in [-0.4, -0.2) is 29.6 Å². The van der Waals surface area contributed by atoms with Gasteiger partial charge in [-0.2, -0.15) is 0 Å². The largest absolute Gasteiger partial charge is 0.493 e. The van der Waals surface area contributed by atoms with E-state index >= 15 is 0 Å². The van der Waals surface area contributed by atoms with Crippen molar-refractivity contribution in [2.75, 3.05) is 19.5 Å². The molecule has 0 fully saturated rings. The van der Waals surface area contributed by atoms with Gasteiger partial charge in [-0.3, -0.25) is 19.1 Å². The van der Waals surface area contributed by atoms with Crippen molar-refractivity contribution >= 4 is 11.6 Å². The Morgan fingerprint density at radius 1 is 0.972 bits per heavy atom. The van der Waals surface area contributed by atoms with Crippen molar-refractivity contribution in [3.05, 3.63) is 97.3 Å². The van der Waals surface area contributed by atoms with E-state index in [4.69, 9.17) is 9.47 Å². The summed E-state index contributed by atoms with van der Waals surface area (Å²) in [5.41, 5.74) is 1.99. The molecule has 5 rings (SSSR count). The number of fused-ring (bicyclic) bond motifs is 1. The van der Waals surface area contributed by atoms with Crippen LogP contribution in [0.4, 0.5) is 5.82 Å². The average Bonchev–Trinajstić information content (AvgIpc) is 2.84. The zero-order valence-corrected chi connectivity index (χ0v) is 20.8. The molecule has 186 valence electrons. The molecule has 0 spiro atoms. The second kappa shape index (κ2) is 8.86. The molecule has 8 heteroatoms. The number of ketones is 1. The minimum Gasteiger partial charge on any atom is -0.493 e. The van der Waals surface area contributed by atoms with E-state index in [0.717, 1.165) is 11.3 Å². The molecule has 2 aliphatic rings. The molecular formula is C28H29N3O5. The van der Waals surface area contributed by atoms with Crippen molar-refractivity contribution in [1.29, 1.82) is 0 Å². The van der Waals surface area contributed by atoms with Crippen molar-refractivity contribution in [2.45, 2.75) is 39.2 Å². The highest BCUT2D eigenvalue weighted by molar-refractivity contribution is 6.01. The zero-order chi connectivity index (χ0) is 25.6. The highest BCUT2D eigenvalue weighted by Gasteiger charge is 2.43. The summed E-state index contributed by atoms with van der Waals surface area (Å²) in [7, 11) is 3.10. The Balaban J connectivity index is 1.78. The first kappa shape index (κ1) is 23.7. The molecule has 3 aromatic rings. The maximum atomic E-state index is 13.5. The molecule has 0 bridgehead atoms. The number of carbonyl (C=O) groups is 1. The number of rotatable bonds is 5.